The highest BCUT2D eigenvalue weighted by Crippen LogP contribution is 2.04. The predicted molar refractivity (Wildman–Crippen MR) is 139 cm³/mol. The predicted octanol–water partition coefficient (Wildman–Crippen LogP) is 4.80. The van der Waals surface area contributed by atoms with Crippen molar-refractivity contribution >= 4 is 17.8 Å². The molecule has 0 rings (SSSR count). The van der Waals surface area contributed by atoms with Gasteiger partial charge in [-0.1, -0.05) is 84.3 Å². The van der Waals surface area contributed by atoms with E-state index in [-0.39, 0.29) is 12.5 Å². The fraction of sp³-hybridized carbons (Fsp3) is 0.593. The zero-order valence-electron chi connectivity index (χ0n) is 21.4. The molecule has 0 radical (unpaired) electrons. The Labute approximate surface area is 206 Å². The Balaban J connectivity index is 0. The van der Waals surface area contributed by atoms with E-state index in [1.165, 1.54) is 37.8 Å². The SMILES string of the molecule is C=C(CC=CC(=O)NCCCCCCCC)C(=O)OCCNCCCC.C=CCOC(=O)C=C. The average molecular weight is 479 g/mol. The van der Waals surface area contributed by atoms with Crippen LogP contribution in [0.4, 0.5) is 0 Å². The van der Waals surface area contributed by atoms with Gasteiger partial charge in [-0.25, -0.2) is 9.59 Å². The molecule has 0 heterocycles. The van der Waals surface area contributed by atoms with Gasteiger partial charge in [0.25, 0.3) is 0 Å². The van der Waals surface area contributed by atoms with Crippen molar-refractivity contribution in [3.63, 3.8) is 0 Å². The summed E-state index contributed by atoms with van der Waals surface area (Å²) in [5.74, 6) is -0.941. The molecule has 7 heteroatoms. The molecule has 0 unspecified atom stereocenters. The number of unbranched alkanes of at least 4 members (excludes halogenated alkanes) is 6. The Bertz CT molecular complexity index is 614. The zero-order chi connectivity index (χ0) is 25.9. The first-order valence-electron chi connectivity index (χ1n) is 12.3. The molecule has 0 spiro atoms. The number of ether oxygens (including phenoxy) is 2. The van der Waals surface area contributed by atoms with E-state index in [0.29, 0.717) is 31.7 Å². The van der Waals surface area contributed by atoms with Crippen LogP contribution in [-0.2, 0) is 23.9 Å². The molecule has 0 aliphatic rings. The molecule has 0 aliphatic heterocycles. The quantitative estimate of drug-likeness (QED) is 0.113. The second kappa shape index (κ2) is 26.6. The van der Waals surface area contributed by atoms with E-state index in [4.69, 9.17) is 4.74 Å². The largest absolute Gasteiger partial charge is 0.461 e. The van der Waals surface area contributed by atoms with Gasteiger partial charge in [-0.05, 0) is 31.9 Å². The fourth-order valence-corrected chi connectivity index (χ4v) is 2.51. The molecule has 34 heavy (non-hydrogen) atoms. The van der Waals surface area contributed by atoms with Gasteiger partial charge in [0.1, 0.15) is 13.2 Å². The second-order valence-corrected chi connectivity index (χ2v) is 7.63. The molecule has 0 aromatic carbocycles. The highest BCUT2D eigenvalue weighted by molar-refractivity contribution is 5.89. The second-order valence-electron chi connectivity index (χ2n) is 7.63. The first-order valence-corrected chi connectivity index (χ1v) is 12.3. The van der Waals surface area contributed by atoms with Crippen molar-refractivity contribution in [2.24, 2.45) is 0 Å². The molecule has 0 aromatic heterocycles. The summed E-state index contributed by atoms with van der Waals surface area (Å²) in [6.45, 7) is 17.5. The molecule has 0 saturated heterocycles. The van der Waals surface area contributed by atoms with Crippen LogP contribution >= 0.6 is 0 Å². The van der Waals surface area contributed by atoms with Gasteiger partial charge in [0.15, 0.2) is 0 Å². The maximum Gasteiger partial charge on any atom is 0.333 e. The topological polar surface area (TPSA) is 93.7 Å². The van der Waals surface area contributed by atoms with Crippen LogP contribution in [0, 0.1) is 0 Å². The summed E-state index contributed by atoms with van der Waals surface area (Å²) in [6, 6.07) is 0. The van der Waals surface area contributed by atoms with E-state index in [0.717, 1.165) is 38.3 Å². The number of esters is 2. The van der Waals surface area contributed by atoms with Crippen molar-refractivity contribution in [2.75, 3.05) is 32.8 Å². The number of rotatable bonds is 20. The number of hydrogen-bond acceptors (Lipinski definition) is 6. The minimum atomic E-state index is -0.412. The molecular weight excluding hydrogens is 432 g/mol. The van der Waals surface area contributed by atoms with Gasteiger partial charge in [0.2, 0.25) is 5.91 Å². The van der Waals surface area contributed by atoms with Crippen molar-refractivity contribution in [3.05, 3.63) is 49.6 Å². The van der Waals surface area contributed by atoms with E-state index in [9.17, 15) is 14.4 Å². The van der Waals surface area contributed by atoms with Crippen molar-refractivity contribution in [1.82, 2.24) is 10.6 Å². The first kappa shape index (κ1) is 33.5. The fourth-order valence-electron chi connectivity index (χ4n) is 2.51. The zero-order valence-corrected chi connectivity index (χ0v) is 21.4. The lowest BCUT2D eigenvalue weighted by atomic mass is 10.1. The Hall–Kier alpha value is -2.67. The molecule has 1 amide bonds. The van der Waals surface area contributed by atoms with Crippen molar-refractivity contribution < 1.29 is 23.9 Å². The van der Waals surface area contributed by atoms with Gasteiger partial charge in [-0.15, -0.1) is 0 Å². The van der Waals surface area contributed by atoms with Crippen LogP contribution in [0.1, 0.15) is 71.6 Å². The van der Waals surface area contributed by atoms with E-state index >= 15 is 0 Å². The highest BCUT2D eigenvalue weighted by atomic mass is 16.5. The van der Waals surface area contributed by atoms with Gasteiger partial charge in [0, 0.05) is 24.7 Å². The lowest BCUT2D eigenvalue weighted by Gasteiger charge is -2.06. The number of nitrogens with one attached hydrogen (secondary N) is 2. The minimum Gasteiger partial charge on any atom is -0.461 e. The molecule has 2 N–H and O–H groups in total. The van der Waals surface area contributed by atoms with Crippen molar-refractivity contribution in [2.45, 2.75) is 71.6 Å². The maximum absolute atomic E-state index is 11.7. The molecular formula is C27H46N2O5. The first-order chi connectivity index (χ1) is 16.4. The van der Waals surface area contributed by atoms with E-state index in [1.807, 2.05) is 0 Å². The summed E-state index contributed by atoms with van der Waals surface area (Å²) in [4.78, 5) is 33.6. The Kier molecular flexibility index (Phi) is 26.2. The van der Waals surface area contributed by atoms with E-state index in [2.05, 4.69) is 49.0 Å². The number of allylic oxidation sites excluding steroid dienone is 1. The van der Waals surface area contributed by atoms with Crippen LogP contribution < -0.4 is 10.6 Å². The van der Waals surface area contributed by atoms with Crippen LogP contribution in [0.3, 0.4) is 0 Å². The Morgan fingerprint density at radius 2 is 1.53 bits per heavy atom. The molecule has 0 aromatic rings. The molecule has 7 nitrogen and oxygen atoms in total. The van der Waals surface area contributed by atoms with Crippen LogP contribution in [-0.4, -0.2) is 50.7 Å². The summed E-state index contributed by atoms with van der Waals surface area (Å²) in [7, 11) is 0. The van der Waals surface area contributed by atoms with Crippen LogP contribution in [0.2, 0.25) is 0 Å². The molecule has 0 fully saturated rings. The van der Waals surface area contributed by atoms with Gasteiger partial charge in [-0.3, -0.25) is 4.79 Å². The average Bonchev–Trinajstić information content (AvgIpc) is 2.84. The molecule has 0 atom stereocenters. The summed E-state index contributed by atoms with van der Waals surface area (Å²) in [5.41, 5.74) is 0.360. The molecule has 0 saturated carbocycles. The smallest absolute Gasteiger partial charge is 0.333 e. The van der Waals surface area contributed by atoms with Crippen LogP contribution in [0.25, 0.3) is 0 Å². The molecule has 194 valence electrons. The normalized spacial score (nSPS) is 10.1. The van der Waals surface area contributed by atoms with Crippen LogP contribution in [0.15, 0.2) is 49.6 Å². The van der Waals surface area contributed by atoms with Gasteiger partial charge in [0.05, 0.1) is 0 Å². The van der Waals surface area contributed by atoms with E-state index < -0.39 is 11.9 Å². The van der Waals surface area contributed by atoms with Crippen molar-refractivity contribution in [3.8, 4) is 0 Å². The van der Waals surface area contributed by atoms with Crippen LogP contribution in [0.5, 0.6) is 0 Å². The molecule has 0 bridgehead atoms. The monoisotopic (exact) mass is 478 g/mol. The molecule has 0 aliphatic carbocycles. The standard InChI is InChI=1S/C21H38N2O3.C6H8O2/c1-4-6-8-9-10-11-16-23-20(24)14-12-13-19(3)21(25)26-18-17-22-15-7-5-2;1-3-5-8-6(7)4-2/h12,14,22H,3-11,13,15-18H2,1-2H3,(H,23,24);3-4H,1-2,5H2. The highest BCUT2D eigenvalue weighted by Gasteiger charge is 2.06. The summed E-state index contributed by atoms with van der Waals surface area (Å²) < 4.78 is 9.59. The lowest BCUT2D eigenvalue weighted by molar-refractivity contribution is -0.139. The summed E-state index contributed by atoms with van der Waals surface area (Å²) >= 11 is 0. The van der Waals surface area contributed by atoms with Gasteiger partial charge >= 0.3 is 11.9 Å². The van der Waals surface area contributed by atoms with Crippen molar-refractivity contribution in [1.29, 1.82) is 0 Å². The summed E-state index contributed by atoms with van der Waals surface area (Å²) in [6.07, 6.45) is 15.5. The minimum absolute atomic E-state index is 0.125. The number of carbonyl (C=O) groups excluding carboxylic acids is 3. The third kappa shape index (κ3) is 25.6. The number of carbonyl (C=O) groups is 3. The Morgan fingerprint density at radius 3 is 2.18 bits per heavy atom. The maximum atomic E-state index is 11.7. The Morgan fingerprint density at radius 1 is 0.853 bits per heavy atom. The third-order valence-corrected chi connectivity index (χ3v) is 4.48. The lowest BCUT2D eigenvalue weighted by Crippen LogP contribution is -2.23. The number of hydrogen-bond donors (Lipinski definition) is 2. The third-order valence-electron chi connectivity index (χ3n) is 4.48. The summed E-state index contributed by atoms with van der Waals surface area (Å²) in [5, 5.41) is 6.06. The number of amides is 1. The van der Waals surface area contributed by atoms with E-state index in [1.54, 1.807) is 6.08 Å². The van der Waals surface area contributed by atoms with Gasteiger partial charge in [-0.2, -0.15) is 0 Å². The van der Waals surface area contributed by atoms with Gasteiger partial charge < -0.3 is 20.1 Å².